The normalized spacial score (nSPS) is 18.1. The van der Waals surface area contributed by atoms with Gasteiger partial charge in [0.15, 0.2) is 5.11 Å². The lowest BCUT2D eigenvalue weighted by molar-refractivity contribution is 0.447. The van der Waals surface area contributed by atoms with Crippen molar-refractivity contribution in [1.82, 2.24) is 5.32 Å². The molecule has 0 spiro atoms. The molecule has 1 saturated heterocycles. The molecule has 1 aliphatic heterocycles. The van der Waals surface area contributed by atoms with E-state index in [-0.39, 0.29) is 16.8 Å². The molecule has 27 heavy (non-hydrogen) atoms. The van der Waals surface area contributed by atoms with Gasteiger partial charge in [-0.15, -0.1) is 0 Å². The maximum atomic E-state index is 13.7. The van der Waals surface area contributed by atoms with Gasteiger partial charge in [0, 0.05) is 18.8 Å². The van der Waals surface area contributed by atoms with Gasteiger partial charge in [0.25, 0.3) is 0 Å². The Morgan fingerprint density at radius 3 is 2.44 bits per heavy atom. The van der Waals surface area contributed by atoms with Gasteiger partial charge in [0.2, 0.25) is 0 Å². The summed E-state index contributed by atoms with van der Waals surface area (Å²) in [7, 11) is 0. The fourth-order valence-corrected chi connectivity index (χ4v) is 3.72. The summed E-state index contributed by atoms with van der Waals surface area (Å²) >= 11 is 5.21. The first-order valence-electron chi connectivity index (χ1n) is 9.30. The van der Waals surface area contributed by atoms with Crippen LogP contribution in [0.4, 0.5) is 20.2 Å². The van der Waals surface area contributed by atoms with E-state index in [4.69, 9.17) is 12.2 Å². The average molecular weight is 390 g/mol. The molecule has 0 radical (unpaired) electrons. The summed E-state index contributed by atoms with van der Waals surface area (Å²) in [5, 5.41) is 5.87. The molecule has 2 aromatic rings. The van der Waals surface area contributed by atoms with E-state index in [1.54, 1.807) is 0 Å². The molecule has 1 fully saturated rings. The first kappa shape index (κ1) is 19.5. The lowest BCUT2D eigenvalue weighted by Crippen LogP contribution is -2.34. The molecule has 2 N–H and O–H groups in total. The predicted octanol–water partition coefficient (Wildman–Crippen LogP) is 5.25. The van der Waals surface area contributed by atoms with E-state index in [2.05, 4.69) is 46.7 Å². The van der Waals surface area contributed by atoms with Gasteiger partial charge in [0.1, 0.15) is 17.3 Å². The van der Waals surface area contributed by atoms with Crippen molar-refractivity contribution in [3.63, 3.8) is 0 Å². The third kappa shape index (κ3) is 4.95. The van der Waals surface area contributed by atoms with Crippen LogP contribution in [0.3, 0.4) is 0 Å². The van der Waals surface area contributed by atoms with Gasteiger partial charge in [-0.05, 0) is 67.7 Å². The van der Waals surface area contributed by atoms with Crippen molar-refractivity contribution in [2.75, 3.05) is 23.3 Å². The van der Waals surface area contributed by atoms with E-state index >= 15 is 0 Å². The number of para-hydroxylation sites is 1. The Bertz CT molecular complexity index is 774. The molecule has 1 aliphatic rings. The zero-order valence-corrected chi connectivity index (χ0v) is 16.5. The van der Waals surface area contributed by atoms with Gasteiger partial charge in [-0.1, -0.05) is 25.1 Å². The molecule has 0 aliphatic carbocycles. The van der Waals surface area contributed by atoms with Crippen LogP contribution in [0.25, 0.3) is 0 Å². The predicted molar refractivity (Wildman–Crippen MR) is 111 cm³/mol. The highest BCUT2D eigenvalue weighted by Gasteiger charge is 2.17. The first-order chi connectivity index (χ1) is 12.9. The Morgan fingerprint density at radius 1 is 1.15 bits per heavy atom. The quantitative estimate of drug-likeness (QED) is 0.699. The van der Waals surface area contributed by atoms with Crippen molar-refractivity contribution in [3.05, 3.63) is 59.7 Å². The van der Waals surface area contributed by atoms with Crippen LogP contribution in [0, 0.1) is 17.6 Å². The van der Waals surface area contributed by atoms with Crippen molar-refractivity contribution in [1.29, 1.82) is 0 Å². The van der Waals surface area contributed by atoms with Gasteiger partial charge in [-0.25, -0.2) is 8.78 Å². The molecule has 0 amide bonds. The van der Waals surface area contributed by atoms with E-state index in [1.807, 2.05) is 6.92 Å². The van der Waals surface area contributed by atoms with Gasteiger partial charge in [-0.2, -0.15) is 0 Å². The molecule has 144 valence electrons. The monoisotopic (exact) mass is 389 g/mol. The van der Waals surface area contributed by atoms with E-state index in [9.17, 15) is 8.78 Å². The highest BCUT2D eigenvalue weighted by Crippen LogP contribution is 2.25. The molecule has 1 heterocycles. The van der Waals surface area contributed by atoms with Crippen LogP contribution < -0.4 is 15.5 Å². The maximum absolute atomic E-state index is 13.7. The van der Waals surface area contributed by atoms with Crippen LogP contribution in [-0.4, -0.2) is 18.2 Å². The van der Waals surface area contributed by atoms with Crippen molar-refractivity contribution in [2.24, 2.45) is 5.92 Å². The summed E-state index contributed by atoms with van der Waals surface area (Å²) in [6.07, 6.45) is 2.52. The molecule has 3 nitrogen and oxygen atoms in total. The van der Waals surface area contributed by atoms with Crippen LogP contribution in [0.5, 0.6) is 0 Å². The summed E-state index contributed by atoms with van der Waals surface area (Å²) in [6.45, 7) is 6.44. The Morgan fingerprint density at radius 2 is 1.81 bits per heavy atom. The second-order valence-electron chi connectivity index (χ2n) is 7.20. The molecule has 6 heteroatoms. The number of halogens is 2. The smallest absolute Gasteiger partial charge is 0.171 e. The molecular weight excluding hydrogens is 364 g/mol. The van der Waals surface area contributed by atoms with Gasteiger partial charge in [-0.3, -0.25) is 0 Å². The topological polar surface area (TPSA) is 27.3 Å². The number of piperidine rings is 1. The molecule has 3 rings (SSSR count). The Kier molecular flexibility index (Phi) is 6.26. The minimum absolute atomic E-state index is 0.0887. The molecule has 0 unspecified atom stereocenters. The molecule has 2 atom stereocenters. The van der Waals surface area contributed by atoms with Crippen molar-refractivity contribution < 1.29 is 8.78 Å². The van der Waals surface area contributed by atoms with Gasteiger partial charge in [0.05, 0.1) is 6.04 Å². The number of nitrogens with one attached hydrogen (secondary N) is 2. The van der Waals surface area contributed by atoms with Gasteiger partial charge < -0.3 is 15.5 Å². The van der Waals surface area contributed by atoms with Crippen LogP contribution in [-0.2, 0) is 0 Å². The number of rotatable bonds is 4. The lowest BCUT2D eigenvalue weighted by Gasteiger charge is -2.33. The summed E-state index contributed by atoms with van der Waals surface area (Å²) < 4.78 is 27.5. The van der Waals surface area contributed by atoms with Crippen molar-refractivity contribution in [2.45, 2.75) is 32.7 Å². The second kappa shape index (κ2) is 8.65. The Balaban J connectivity index is 1.60. The van der Waals surface area contributed by atoms with Crippen LogP contribution >= 0.6 is 12.2 Å². The fourth-order valence-electron chi connectivity index (χ4n) is 3.44. The zero-order chi connectivity index (χ0) is 19.4. The zero-order valence-electron chi connectivity index (χ0n) is 15.6. The minimum atomic E-state index is -0.674. The highest BCUT2D eigenvalue weighted by atomic mass is 32.1. The van der Waals surface area contributed by atoms with Crippen molar-refractivity contribution in [3.8, 4) is 0 Å². The average Bonchev–Trinajstić information content (AvgIpc) is 2.65. The molecule has 0 aromatic heterocycles. The third-order valence-corrected chi connectivity index (χ3v) is 5.18. The molecule has 0 saturated carbocycles. The number of anilines is 2. The lowest BCUT2D eigenvalue weighted by atomic mass is 9.99. The largest absolute Gasteiger partial charge is 0.371 e. The summed E-state index contributed by atoms with van der Waals surface area (Å²) in [5.74, 6) is -0.625. The number of hydrogen-bond donors (Lipinski definition) is 2. The van der Waals surface area contributed by atoms with Crippen molar-refractivity contribution >= 4 is 28.7 Å². The highest BCUT2D eigenvalue weighted by molar-refractivity contribution is 7.80. The Labute approximate surface area is 164 Å². The number of nitrogens with zero attached hydrogens (tertiary/aromatic N) is 1. The van der Waals surface area contributed by atoms with E-state index in [0.717, 1.165) is 24.6 Å². The van der Waals surface area contributed by atoms with Gasteiger partial charge >= 0.3 is 0 Å². The van der Waals surface area contributed by atoms with E-state index in [0.29, 0.717) is 0 Å². The molecule has 0 bridgehead atoms. The SMILES string of the molecule is C[C@@H]1CCCN(c2ccc([C@H](C)NC(=S)Nc3c(F)cccc3F)cc2)C1. The maximum Gasteiger partial charge on any atom is 0.171 e. The van der Waals surface area contributed by atoms with E-state index < -0.39 is 11.6 Å². The standard InChI is InChI=1S/C21H25F2N3S/c1-14-5-4-12-26(13-14)17-10-8-16(9-11-17)15(2)24-21(27)25-20-18(22)6-3-7-19(20)23/h3,6-11,14-15H,4-5,12-13H2,1-2H3,(H2,24,25,27)/t14-,15+/m1/s1. The summed E-state index contributed by atoms with van der Waals surface area (Å²) in [5.41, 5.74) is 2.05. The van der Waals surface area contributed by atoms with Crippen LogP contribution in [0.1, 0.15) is 38.3 Å². The number of hydrogen-bond acceptors (Lipinski definition) is 2. The second-order valence-corrected chi connectivity index (χ2v) is 7.61. The van der Waals surface area contributed by atoms with Crippen LogP contribution in [0.15, 0.2) is 42.5 Å². The minimum Gasteiger partial charge on any atom is -0.371 e. The fraction of sp³-hybridized carbons (Fsp3) is 0.381. The molecule has 2 aromatic carbocycles. The first-order valence-corrected chi connectivity index (χ1v) is 9.71. The number of benzene rings is 2. The third-order valence-electron chi connectivity index (χ3n) is 4.96. The van der Waals surface area contributed by atoms with E-state index in [1.165, 1.54) is 36.7 Å². The summed E-state index contributed by atoms with van der Waals surface area (Å²) in [6, 6.07) is 12.0. The molecular formula is C21H25F2N3S. The summed E-state index contributed by atoms with van der Waals surface area (Å²) in [4.78, 5) is 2.42. The van der Waals surface area contributed by atoms with Crippen LogP contribution in [0.2, 0.25) is 0 Å². The number of thiocarbonyl (C=S) groups is 1. The Hall–Kier alpha value is -2.21.